The predicted octanol–water partition coefficient (Wildman–Crippen LogP) is 2.92. The van der Waals surface area contributed by atoms with Crippen molar-refractivity contribution in [1.29, 1.82) is 0 Å². The molecule has 0 heterocycles. The van der Waals surface area contributed by atoms with Crippen molar-refractivity contribution in [3.05, 3.63) is 29.8 Å². The van der Waals surface area contributed by atoms with Gasteiger partial charge in [0.25, 0.3) is 0 Å². The third kappa shape index (κ3) is 2.20. The Morgan fingerprint density at radius 1 is 1.27 bits per heavy atom. The van der Waals surface area contributed by atoms with Crippen LogP contribution in [0.4, 0.5) is 0 Å². The van der Waals surface area contributed by atoms with Crippen LogP contribution < -0.4 is 4.74 Å². The monoisotopic (exact) mass is 204 g/mol. The lowest BCUT2D eigenvalue weighted by Gasteiger charge is -2.24. The van der Waals surface area contributed by atoms with E-state index in [9.17, 15) is 4.79 Å². The van der Waals surface area contributed by atoms with Crippen molar-refractivity contribution in [2.24, 2.45) is 0 Å². The fraction of sp³-hybridized carbons (Fsp3) is 0.462. The molecule has 0 aliphatic heterocycles. The van der Waals surface area contributed by atoms with E-state index in [-0.39, 0.29) is 12.0 Å². The molecule has 1 aliphatic carbocycles. The first-order chi connectivity index (χ1) is 7.16. The van der Waals surface area contributed by atoms with E-state index in [1.807, 2.05) is 38.1 Å². The van der Waals surface area contributed by atoms with Crippen LogP contribution in [0.5, 0.6) is 5.75 Å². The second-order valence-corrected chi connectivity index (χ2v) is 4.29. The van der Waals surface area contributed by atoms with E-state index in [0.29, 0.717) is 5.78 Å². The number of ketones is 1. The molecule has 0 saturated heterocycles. The summed E-state index contributed by atoms with van der Waals surface area (Å²) < 4.78 is 5.54. The first-order valence-corrected chi connectivity index (χ1v) is 5.46. The minimum Gasteiger partial charge on any atom is -0.491 e. The van der Waals surface area contributed by atoms with Crippen LogP contribution in [0.1, 0.15) is 38.2 Å². The summed E-state index contributed by atoms with van der Waals surface area (Å²) in [7, 11) is 0. The Morgan fingerprint density at radius 3 is 2.33 bits per heavy atom. The fourth-order valence-electron chi connectivity index (χ4n) is 1.81. The molecular weight excluding hydrogens is 188 g/mol. The number of benzene rings is 1. The van der Waals surface area contributed by atoms with Crippen molar-refractivity contribution in [2.45, 2.75) is 38.7 Å². The van der Waals surface area contributed by atoms with Crippen molar-refractivity contribution in [1.82, 2.24) is 0 Å². The van der Waals surface area contributed by atoms with Crippen LogP contribution >= 0.6 is 0 Å². The summed E-state index contributed by atoms with van der Waals surface area (Å²) in [6.45, 7) is 4.01. The van der Waals surface area contributed by atoms with E-state index < -0.39 is 0 Å². The molecule has 1 aliphatic rings. The zero-order chi connectivity index (χ0) is 10.8. The Hall–Kier alpha value is -1.31. The average molecular weight is 204 g/mol. The molecule has 2 rings (SSSR count). The van der Waals surface area contributed by atoms with Crippen LogP contribution in [0.25, 0.3) is 0 Å². The summed E-state index contributed by atoms with van der Waals surface area (Å²) in [6.07, 6.45) is 1.94. The van der Waals surface area contributed by atoms with Gasteiger partial charge in [-0.1, -0.05) is 12.1 Å². The number of ether oxygens (including phenoxy) is 1. The van der Waals surface area contributed by atoms with E-state index in [2.05, 4.69) is 0 Å². The van der Waals surface area contributed by atoms with Crippen molar-refractivity contribution in [2.75, 3.05) is 0 Å². The van der Waals surface area contributed by atoms with Gasteiger partial charge in [-0.25, -0.2) is 0 Å². The molecule has 0 radical (unpaired) electrons. The molecule has 0 amide bonds. The lowest BCUT2D eigenvalue weighted by Crippen LogP contribution is -2.23. The smallest absolute Gasteiger partial charge is 0.140 e. The van der Waals surface area contributed by atoms with E-state index in [1.165, 1.54) is 0 Å². The zero-order valence-corrected chi connectivity index (χ0v) is 9.19. The molecule has 0 spiro atoms. The molecule has 0 N–H and O–H groups in total. The lowest BCUT2D eigenvalue weighted by atomic mass is 9.79. The van der Waals surface area contributed by atoms with E-state index in [4.69, 9.17) is 4.74 Å². The first kappa shape index (κ1) is 10.2. The highest BCUT2D eigenvalue weighted by Crippen LogP contribution is 2.33. The van der Waals surface area contributed by atoms with Crippen LogP contribution in [-0.4, -0.2) is 11.9 Å². The van der Waals surface area contributed by atoms with Crippen LogP contribution in [0.2, 0.25) is 0 Å². The summed E-state index contributed by atoms with van der Waals surface area (Å²) in [5.74, 6) is 1.39. The van der Waals surface area contributed by atoms with Crippen LogP contribution in [0.3, 0.4) is 0 Å². The Labute approximate surface area is 90.3 Å². The van der Waals surface area contributed by atoms with Crippen LogP contribution in [0.15, 0.2) is 24.3 Å². The second kappa shape index (κ2) is 4.05. The maximum absolute atomic E-state index is 11.3. The van der Waals surface area contributed by atoms with Crippen LogP contribution in [-0.2, 0) is 4.79 Å². The Morgan fingerprint density at radius 2 is 1.93 bits per heavy atom. The number of carbonyl (C=O) groups excluding carboxylic acids is 1. The third-order valence-corrected chi connectivity index (χ3v) is 2.72. The van der Waals surface area contributed by atoms with E-state index >= 15 is 0 Å². The largest absolute Gasteiger partial charge is 0.491 e. The molecule has 15 heavy (non-hydrogen) atoms. The molecular formula is C13H16O2. The van der Waals surface area contributed by atoms with Gasteiger partial charge in [-0.2, -0.15) is 0 Å². The van der Waals surface area contributed by atoms with Crippen LogP contribution in [0, 0.1) is 0 Å². The lowest BCUT2D eigenvalue weighted by molar-refractivity contribution is -0.125. The number of rotatable bonds is 3. The van der Waals surface area contributed by atoms with Crippen molar-refractivity contribution in [3.8, 4) is 5.75 Å². The highest BCUT2D eigenvalue weighted by atomic mass is 16.5. The summed E-state index contributed by atoms with van der Waals surface area (Å²) in [5, 5.41) is 0. The molecule has 1 unspecified atom stereocenters. The molecule has 1 atom stereocenters. The Bertz CT molecular complexity index is 351. The summed E-state index contributed by atoms with van der Waals surface area (Å²) in [4.78, 5) is 11.3. The quantitative estimate of drug-likeness (QED) is 0.756. The van der Waals surface area contributed by atoms with Gasteiger partial charge in [-0.15, -0.1) is 0 Å². The Balaban J connectivity index is 2.07. The zero-order valence-electron chi connectivity index (χ0n) is 9.19. The van der Waals surface area contributed by atoms with E-state index in [0.717, 1.165) is 24.2 Å². The SMILES string of the molecule is CC(C)Oc1ccc(C2CCC2=O)cc1. The minimum absolute atomic E-state index is 0.151. The number of hydrogen-bond donors (Lipinski definition) is 0. The molecule has 0 aromatic heterocycles. The fourth-order valence-corrected chi connectivity index (χ4v) is 1.81. The maximum Gasteiger partial charge on any atom is 0.140 e. The number of hydrogen-bond acceptors (Lipinski definition) is 2. The van der Waals surface area contributed by atoms with Gasteiger partial charge in [0.1, 0.15) is 11.5 Å². The van der Waals surface area contributed by atoms with Crippen molar-refractivity contribution < 1.29 is 9.53 Å². The van der Waals surface area contributed by atoms with Gasteiger partial charge in [-0.05, 0) is 38.0 Å². The highest BCUT2D eigenvalue weighted by molar-refractivity contribution is 5.91. The standard InChI is InChI=1S/C13H16O2/c1-9(2)15-11-5-3-10(4-6-11)12-7-8-13(12)14/h3-6,9,12H,7-8H2,1-2H3. The van der Waals surface area contributed by atoms with Gasteiger partial charge in [0.05, 0.1) is 6.10 Å². The Kier molecular flexibility index (Phi) is 2.76. The van der Waals surface area contributed by atoms with Gasteiger partial charge in [0.2, 0.25) is 0 Å². The average Bonchev–Trinajstić information content (AvgIpc) is 2.18. The molecule has 80 valence electrons. The normalized spacial score (nSPS) is 20.2. The molecule has 1 aromatic carbocycles. The summed E-state index contributed by atoms with van der Waals surface area (Å²) in [6, 6.07) is 7.89. The summed E-state index contributed by atoms with van der Waals surface area (Å²) >= 11 is 0. The maximum atomic E-state index is 11.3. The molecule has 1 saturated carbocycles. The predicted molar refractivity (Wildman–Crippen MR) is 59.2 cm³/mol. The number of carbonyl (C=O) groups is 1. The molecule has 2 nitrogen and oxygen atoms in total. The van der Waals surface area contributed by atoms with Crippen molar-refractivity contribution in [3.63, 3.8) is 0 Å². The number of Topliss-reactive ketones (excluding diaryl/α,β-unsaturated/α-hetero) is 1. The van der Waals surface area contributed by atoms with E-state index in [1.54, 1.807) is 0 Å². The molecule has 1 fully saturated rings. The topological polar surface area (TPSA) is 26.3 Å². The summed E-state index contributed by atoms with van der Waals surface area (Å²) in [5.41, 5.74) is 1.13. The highest BCUT2D eigenvalue weighted by Gasteiger charge is 2.29. The molecule has 1 aromatic rings. The third-order valence-electron chi connectivity index (χ3n) is 2.72. The van der Waals surface area contributed by atoms with Gasteiger partial charge < -0.3 is 4.74 Å². The minimum atomic E-state index is 0.151. The first-order valence-electron chi connectivity index (χ1n) is 5.46. The van der Waals surface area contributed by atoms with Crippen molar-refractivity contribution >= 4 is 5.78 Å². The van der Waals surface area contributed by atoms with Gasteiger partial charge in [0, 0.05) is 12.3 Å². The van der Waals surface area contributed by atoms with Gasteiger partial charge in [0.15, 0.2) is 0 Å². The van der Waals surface area contributed by atoms with Gasteiger partial charge >= 0.3 is 0 Å². The van der Waals surface area contributed by atoms with Gasteiger partial charge in [-0.3, -0.25) is 4.79 Å². The second-order valence-electron chi connectivity index (χ2n) is 4.29. The molecule has 2 heteroatoms. The molecule has 0 bridgehead atoms.